The van der Waals surface area contributed by atoms with Gasteiger partial charge in [0.05, 0.1) is 25.0 Å². The van der Waals surface area contributed by atoms with E-state index in [1.54, 1.807) is 24.9 Å². The van der Waals surface area contributed by atoms with Gasteiger partial charge in [-0.3, -0.25) is 9.48 Å². The lowest BCUT2D eigenvalue weighted by molar-refractivity contribution is 0.0731. The van der Waals surface area contributed by atoms with Crippen molar-refractivity contribution in [2.24, 2.45) is 7.05 Å². The van der Waals surface area contributed by atoms with Gasteiger partial charge in [0.25, 0.3) is 5.91 Å². The third-order valence-corrected chi connectivity index (χ3v) is 5.33. The molecule has 30 heavy (non-hydrogen) atoms. The molecular formula is C21H19F3N4O2. The Hall–Kier alpha value is -3.36. The standard InChI is InChI=1S/C21H19F3N4O2/c1-11-13(4-6-25-20(11)30-3)21(29)28-7-5-14-17(10-28)26-27(2)19(14)12-8-15(22)18(24)16(23)9-12/h4,6,8-9H,5,7,10H2,1-3H3. The number of aryl methyl sites for hydroxylation is 1. The zero-order chi connectivity index (χ0) is 21.6. The van der Waals surface area contributed by atoms with Crippen LogP contribution in [-0.4, -0.2) is 39.2 Å². The molecule has 0 spiro atoms. The number of benzene rings is 1. The Morgan fingerprint density at radius 3 is 2.57 bits per heavy atom. The molecule has 0 radical (unpaired) electrons. The van der Waals surface area contributed by atoms with E-state index >= 15 is 0 Å². The minimum Gasteiger partial charge on any atom is -0.481 e. The van der Waals surface area contributed by atoms with Crippen LogP contribution in [0.3, 0.4) is 0 Å². The van der Waals surface area contributed by atoms with Crippen molar-refractivity contribution in [3.8, 4) is 17.1 Å². The summed E-state index contributed by atoms with van der Waals surface area (Å²) in [5, 5.41) is 4.44. The maximum Gasteiger partial charge on any atom is 0.254 e. The van der Waals surface area contributed by atoms with Crippen LogP contribution in [0.4, 0.5) is 13.2 Å². The summed E-state index contributed by atoms with van der Waals surface area (Å²) < 4.78 is 47.5. The maximum absolute atomic E-state index is 13.7. The van der Waals surface area contributed by atoms with Crippen molar-refractivity contribution in [1.82, 2.24) is 19.7 Å². The van der Waals surface area contributed by atoms with E-state index in [9.17, 15) is 18.0 Å². The Morgan fingerprint density at radius 1 is 1.20 bits per heavy atom. The fourth-order valence-electron chi connectivity index (χ4n) is 3.87. The smallest absolute Gasteiger partial charge is 0.254 e. The SMILES string of the molecule is COc1nccc(C(=O)N2CCc3c(nn(C)c3-c3cc(F)c(F)c(F)c3)C2)c1C. The number of rotatable bonds is 3. The highest BCUT2D eigenvalue weighted by atomic mass is 19.2. The molecule has 1 aliphatic heterocycles. The molecule has 3 heterocycles. The average molecular weight is 416 g/mol. The molecule has 1 aromatic carbocycles. The highest BCUT2D eigenvalue weighted by molar-refractivity contribution is 5.96. The molecule has 0 fully saturated rings. The van der Waals surface area contributed by atoms with Crippen LogP contribution in [-0.2, 0) is 20.0 Å². The summed E-state index contributed by atoms with van der Waals surface area (Å²) in [6, 6.07) is 3.56. The molecule has 0 unspecified atom stereocenters. The summed E-state index contributed by atoms with van der Waals surface area (Å²) in [7, 11) is 3.14. The number of carbonyl (C=O) groups is 1. The Labute approximate surface area is 170 Å². The van der Waals surface area contributed by atoms with Crippen LogP contribution in [0, 0.1) is 24.4 Å². The summed E-state index contributed by atoms with van der Waals surface area (Å²) in [5.41, 5.74) is 3.28. The Bertz CT molecular complexity index is 1140. The summed E-state index contributed by atoms with van der Waals surface area (Å²) in [4.78, 5) is 18.8. The van der Waals surface area contributed by atoms with E-state index in [0.29, 0.717) is 41.4 Å². The largest absolute Gasteiger partial charge is 0.481 e. The number of methoxy groups -OCH3 is 1. The fourth-order valence-corrected chi connectivity index (χ4v) is 3.87. The van der Waals surface area contributed by atoms with Crippen molar-refractivity contribution in [1.29, 1.82) is 0 Å². The summed E-state index contributed by atoms with van der Waals surface area (Å²) in [6.45, 7) is 2.42. The zero-order valence-corrected chi connectivity index (χ0v) is 16.7. The zero-order valence-electron chi connectivity index (χ0n) is 16.7. The van der Waals surface area contributed by atoms with Gasteiger partial charge < -0.3 is 9.64 Å². The third-order valence-electron chi connectivity index (χ3n) is 5.33. The van der Waals surface area contributed by atoms with Crippen molar-refractivity contribution in [3.63, 3.8) is 0 Å². The molecule has 0 saturated carbocycles. The molecule has 3 aromatic rings. The van der Waals surface area contributed by atoms with Crippen LogP contribution in [0.25, 0.3) is 11.3 Å². The fraction of sp³-hybridized carbons (Fsp3) is 0.286. The number of ether oxygens (including phenoxy) is 1. The van der Waals surface area contributed by atoms with Crippen LogP contribution in [0.15, 0.2) is 24.4 Å². The topological polar surface area (TPSA) is 60.2 Å². The van der Waals surface area contributed by atoms with Crippen molar-refractivity contribution < 1.29 is 22.7 Å². The first kappa shape index (κ1) is 19.9. The number of pyridine rings is 1. The van der Waals surface area contributed by atoms with Gasteiger partial charge in [0.15, 0.2) is 17.5 Å². The van der Waals surface area contributed by atoms with Gasteiger partial charge in [-0.05, 0) is 31.5 Å². The predicted octanol–water partition coefficient (Wildman–Crippen LogP) is 3.41. The van der Waals surface area contributed by atoms with Crippen molar-refractivity contribution in [2.45, 2.75) is 19.9 Å². The number of aromatic nitrogens is 3. The van der Waals surface area contributed by atoms with E-state index in [-0.39, 0.29) is 18.0 Å². The first-order valence-corrected chi connectivity index (χ1v) is 9.30. The van der Waals surface area contributed by atoms with E-state index in [1.165, 1.54) is 18.0 Å². The molecule has 6 nitrogen and oxygen atoms in total. The molecule has 1 aliphatic rings. The van der Waals surface area contributed by atoms with Gasteiger partial charge in [0.2, 0.25) is 5.88 Å². The first-order valence-electron chi connectivity index (χ1n) is 9.30. The molecule has 0 saturated heterocycles. The Kier molecular flexibility index (Phi) is 4.97. The minimum absolute atomic E-state index is 0.176. The number of carbonyl (C=O) groups excluding carboxylic acids is 1. The number of hydrogen-bond donors (Lipinski definition) is 0. The van der Waals surface area contributed by atoms with Crippen LogP contribution >= 0.6 is 0 Å². The van der Waals surface area contributed by atoms with Gasteiger partial charge >= 0.3 is 0 Å². The van der Waals surface area contributed by atoms with E-state index < -0.39 is 17.5 Å². The van der Waals surface area contributed by atoms with Crippen molar-refractivity contribution in [3.05, 3.63) is 64.2 Å². The second-order valence-electron chi connectivity index (χ2n) is 7.12. The molecule has 0 N–H and O–H groups in total. The van der Waals surface area contributed by atoms with E-state index in [4.69, 9.17) is 4.74 Å². The monoisotopic (exact) mass is 416 g/mol. The molecule has 9 heteroatoms. The highest BCUT2D eigenvalue weighted by Crippen LogP contribution is 2.32. The number of nitrogens with zero attached hydrogens (tertiary/aromatic N) is 4. The molecule has 0 atom stereocenters. The molecule has 2 aromatic heterocycles. The second-order valence-corrected chi connectivity index (χ2v) is 7.12. The lowest BCUT2D eigenvalue weighted by Crippen LogP contribution is -2.36. The maximum atomic E-state index is 13.7. The number of amides is 1. The highest BCUT2D eigenvalue weighted by Gasteiger charge is 2.29. The van der Waals surface area contributed by atoms with Crippen LogP contribution in [0.1, 0.15) is 27.2 Å². The molecular weight excluding hydrogens is 397 g/mol. The summed E-state index contributed by atoms with van der Waals surface area (Å²) >= 11 is 0. The van der Waals surface area contributed by atoms with Crippen molar-refractivity contribution in [2.75, 3.05) is 13.7 Å². The Balaban J connectivity index is 1.67. The lowest BCUT2D eigenvalue weighted by atomic mass is 9.98. The molecule has 0 bridgehead atoms. The van der Waals surface area contributed by atoms with Gasteiger partial charge in [-0.25, -0.2) is 18.2 Å². The van der Waals surface area contributed by atoms with Gasteiger partial charge in [0.1, 0.15) is 0 Å². The quantitative estimate of drug-likeness (QED) is 0.614. The third kappa shape index (κ3) is 3.20. The number of halogens is 3. The summed E-state index contributed by atoms with van der Waals surface area (Å²) in [5.74, 6) is -3.80. The first-order chi connectivity index (χ1) is 14.3. The van der Waals surface area contributed by atoms with Gasteiger partial charge in [-0.2, -0.15) is 5.10 Å². The van der Waals surface area contributed by atoms with E-state index in [2.05, 4.69) is 10.1 Å². The molecule has 156 valence electrons. The molecule has 1 amide bonds. The average Bonchev–Trinajstić information content (AvgIpc) is 3.06. The van der Waals surface area contributed by atoms with Gasteiger partial charge in [-0.15, -0.1) is 0 Å². The van der Waals surface area contributed by atoms with Gasteiger partial charge in [0, 0.05) is 42.0 Å². The molecule has 0 aliphatic carbocycles. The number of fused-ring (bicyclic) bond motifs is 1. The molecule has 4 rings (SSSR count). The summed E-state index contributed by atoms with van der Waals surface area (Å²) in [6.07, 6.45) is 1.97. The van der Waals surface area contributed by atoms with Crippen molar-refractivity contribution >= 4 is 5.91 Å². The minimum atomic E-state index is -1.50. The predicted molar refractivity (Wildman–Crippen MR) is 102 cm³/mol. The van der Waals surface area contributed by atoms with Crippen LogP contribution < -0.4 is 4.74 Å². The second kappa shape index (κ2) is 7.47. The van der Waals surface area contributed by atoms with E-state index in [1.807, 2.05) is 0 Å². The normalized spacial score (nSPS) is 13.3. The van der Waals surface area contributed by atoms with E-state index in [0.717, 1.165) is 17.7 Å². The van der Waals surface area contributed by atoms with Crippen LogP contribution in [0.2, 0.25) is 0 Å². The number of hydrogen-bond acceptors (Lipinski definition) is 4. The van der Waals surface area contributed by atoms with Crippen LogP contribution in [0.5, 0.6) is 5.88 Å². The van der Waals surface area contributed by atoms with Gasteiger partial charge in [-0.1, -0.05) is 0 Å². The lowest BCUT2D eigenvalue weighted by Gasteiger charge is -2.27. The Morgan fingerprint density at radius 2 is 1.90 bits per heavy atom.